The largest absolute Gasteiger partial charge is 0.271 e. The number of hydrazine groups is 1. The van der Waals surface area contributed by atoms with Gasteiger partial charge in [0.25, 0.3) is 0 Å². The summed E-state index contributed by atoms with van der Waals surface area (Å²) >= 11 is 14.9. The van der Waals surface area contributed by atoms with Crippen molar-refractivity contribution in [2.45, 2.75) is 12.5 Å². The Bertz CT molecular complexity index is 605. The highest BCUT2D eigenvalue weighted by atomic mass is 79.9. The number of hydrogen-bond acceptors (Lipinski definition) is 2. The molecule has 0 bridgehead atoms. The summed E-state index contributed by atoms with van der Waals surface area (Å²) in [7, 11) is 0. The predicted octanol–water partition coefficient (Wildman–Crippen LogP) is 4.64. The number of halogens is 4. The summed E-state index contributed by atoms with van der Waals surface area (Å²) < 4.78 is 14.7. The van der Waals surface area contributed by atoms with Crippen LogP contribution in [0, 0.1) is 5.82 Å². The zero-order valence-electron chi connectivity index (χ0n) is 10.3. The first-order valence-corrected chi connectivity index (χ1v) is 7.41. The molecule has 106 valence electrons. The molecule has 2 nitrogen and oxygen atoms in total. The third-order valence-electron chi connectivity index (χ3n) is 2.99. The highest BCUT2D eigenvalue weighted by Gasteiger charge is 2.18. The first-order chi connectivity index (χ1) is 9.52. The van der Waals surface area contributed by atoms with Gasteiger partial charge >= 0.3 is 0 Å². The Morgan fingerprint density at radius 3 is 2.40 bits per heavy atom. The van der Waals surface area contributed by atoms with E-state index in [1.807, 2.05) is 12.1 Å². The van der Waals surface area contributed by atoms with Crippen LogP contribution in [0.25, 0.3) is 0 Å². The van der Waals surface area contributed by atoms with Gasteiger partial charge in [-0.05, 0) is 46.1 Å². The molecule has 3 N–H and O–H groups in total. The van der Waals surface area contributed by atoms with E-state index >= 15 is 0 Å². The van der Waals surface area contributed by atoms with Gasteiger partial charge in [-0.3, -0.25) is 11.3 Å². The second kappa shape index (κ2) is 6.87. The SMILES string of the molecule is NNC(Cc1ccc(Cl)cc1)c1ccc(Br)c(Cl)c1F. The van der Waals surface area contributed by atoms with Gasteiger partial charge in [-0.25, -0.2) is 4.39 Å². The summed E-state index contributed by atoms with van der Waals surface area (Å²) in [5.74, 6) is 5.07. The van der Waals surface area contributed by atoms with E-state index in [2.05, 4.69) is 21.4 Å². The van der Waals surface area contributed by atoms with Crippen molar-refractivity contribution in [3.63, 3.8) is 0 Å². The van der Waals surface area contributed by atoms with Crippen molar-refractivity contribution in [1.29, 1.82) is 0 Å². The van der Waals surface area contributed by atoms with E-state index in [1.165, 1.54) is 0 Å². The lowest BCUT2D eigenvalue weighted by atomic mass is 9.99. The van der Waals surface area contributed by atoms with Crippen LogP contribution in [0.2, 0.25) is 10.0 Å². The fourth-order valence-electron chi connectivity index (χ4n) is 1.92. The van der Waals surface area contributed by atoms with Crippen LogP contribution in [-0.4, -0.2) is 0 Å². The fraction of sp³-hybridized carbons (Fsp3) is 0.143. The van der Waals surface area contributed by atoms with Crippen molar-refractivity contribution in [2.75, 3.05) is 0 Å². The number of hydrogen-bond donors (Lipinski definition) is 2. The number of nitrogens with two attached hydrogens (primary N) is 1. The summed E-state index contributed by atoms with van der Waals surface area (Å²) in [6.45, 7) is 0. The number of nitrogens with one attached hydrogen (secondary N) is 1. The highest BCUT2D eigenvalue weighted by Crippen LogP contribution is 2.31. The predicted molar refractivity (Wildman–Crippen MR) is 84.3 cm³/mol. The highest BCUT2D eigenvalue weighted by molar-refractivity contribution is 9.10. The second-order valence-corrected chi connectivity index (χ2v) is 5.98. The summed E-state index contributed by atoms with van der Waals surface area (Å²) in [4.78, 5) is 0. The van der Waals surface area contributed by atoms with Crippen LogP contribution >= 0.6 is 39.1 Å². The summed E-state index contributed by atoms with van der Waals surface area (Å²) in [5.41, 5.74) is 4.04. The van der Waals surface area contributed by atoms with Crippen LogP contribution in [0.1, 0.15) is 17.2 Å². The third kappa shape index (κ3) is 3.51. The van der Waals surface area contributed by atoms with Crippen LogP contribution in [0.15, 0.2) is 40.9 Å². The first kappa shape index (κ1) is 15.7. The van der Waals surface area contributed by atoms with E-state index in [4.69, 9.17) is 29.0 Å². The molecule has 0 amide bonds. The van der Waals surface area contributed by atoms with Gasteiger partial charge in [0.15, 0.2) is 0 Å². The van der Waals surface area contributed by atoms with Gasteiger partial charge in [0.2, 0.25) is 0 Å². The normalized spacial score (nSPS) is 12.4. The minimum Gasteiger partial charge on any atom is -0.271 e. The summed E-state index contributed by atoms with van der Waals surface area (Å²) in [5, 5.41) is 0.711. The van der Waals surface area contributed by atoms with Crippen molar-refractivity contribution in [3.05, 3.63) is 67.9 Å². The first-order valence-electron chi connectivity index (χ1n) is 5.87. The second-order valence-electron chi connectivity index (χ2n) is 4.31. The molecule has 0 spiro atoms. The smallest absolute Gasteiger partial charge is 0.147 e. The molecule has 0 aliphatic heterocycles. The third-order valence-corrected chi connectivity index (χ3v) is 4.51. The molecule has 6 heteroatoms. The van der Waals surface area contributed by atoms with Crippen molar-refractivity contribution in [1.82, 2.24) is 5.43 Å². The standard InChI is InChI=1S/C14H12BrCl2FN2/c15-11-6-5-10(14(18)13(11)17)12(20-19)7-8-1-3-9(16)4-2-8/h1-6,12,20H,7,19H2. The lowest BCUT2D eigenvalue weighted by Crippen LogP contribution is -2.30. The molecule has 0 radical (unpaired) electrons. The van der Waals surface area contributed by atoms with Crippen LogP contribution in [-0.2, 0) is 6.42 Å². The maximum absolute atomic E-state index is 14.2. The van der Waals surface area contributed by atoms with Gasteiger partial charge in [-0.15, -0.1) is 0 Å². The van der Waals surface area contributed by atoms with Crippen molar-refractivity contribution in [2.24, 2.45) is 5.84 Å². The fourth-order valence-corrected chi connectivity index (χ4v) is 2.53. The maximum Gasteiger partial charge on any atom is 0.147 e. The van der Waals surface area contributed by atoms with Gasteiger partial charge in [-0.2, -0.15) is 0 Å². The monoisotopic (exact) mass is 376 g/mol. The molecule has 0 aliphatic rings. The van der Waals surface area contributed by atoms with E-state index < -0.39 is 5.82 Å². The van der Waals surface area contributed by atoms with Crippen LogP contribution in [0.4, 0.5) is 4.39 Å². The molecule has 0 aliphatic carbocycles. The average molecular weight is 378 g/mol. The van der Waals surface area contributed by atoms with Crippen molar-refractivity contribution < 1.29 is 4.39 Å². The minimum atomic E-state index is -0.474. The zero-order chi connectivity index (χ0) is 14.7. The van der Waals surface area contributed by atoms with Gasteiger partial charge < -0.3 is 0 Å². The Morgan fingerprint density at radius 2 is 1.80 bits per heavy atom. The molecule has 0 saturated carbocycles. The average Bonchev–Trinajstić information content (AvgIpc) is 2.45. The van der Waals surface area contributed by atoms with Crippen LogP contribution in [0.3, 0.4) is 0 Å². The Labute approximate surface area is 135 Å². The molecule has 0 saturated heterocycles. The van der Waals surface area contributed by atoms with E-state index in [-0.39, 0.29) is 11.1 Å². The number of rotatable bonds is 4. The molecule has 0 aromatic heterocycles. The minimum absolute atomic E-state index is 0.0545. The van der Waals surface area contributed by atoms with Gasteiger partial charge in [0.05, 0.1) is 11.1 Å². The Morgan fingerprint density at radius 1 is 1.15 bits per heavy atom. The van der Waals surface area contributed by atoms with Crippen LogP contribution in [0.5, 0.6) is 0 Å². The molecule has 2 aromatic carbocycles. The van der Waals surface area contributed by atoms with Crippen molar-refractivity contribution in [3.8, 4) is 0 Å². The molecule has 1 unspecified atom stereocenters. The Balaban J connectivity index is 2.29. The Kier molecular flexibility index (Phi) is 5.41. The van der Waals surface area contributed by atoms with Crippen molar-refractivity contribution >= 4 is 39.1 Å². The molecule has 0 heterocycles. The summed E-state index contributed by atoms with van der Waals surface area (Å²) in [6, 6.07) is 10.3. The topological polar surface area (TPSA) is 38.0 Å². The maximum atomic E-state index is 14.2. The molecule has 1 atom stereocenters. The van der Waals surface area contributed by atoms with Gasteiger partial charge in [0, 0.05) is 15.1 Å². The van der Waals surface area contributed by atoms with E-state index in [1.54, 1.807) is 24.3 Å². The van der Waals surface area contributed by atoms with E-state index in [0.29, 0.717) is 21.5 Å². The Hall–Kier alpha value is -0.650. The molecular weight excluding hydrogens is 366 g/mol. The molecular formula is C14H12BrCl2FN2. The quantitative estimate of drug-likeness (QED) is 0.462. The molecule has 0 fully saturated rings. The van der Waals surface area contributed by atoms with Gasteiger partial charge in [-0.1, -0.05) is 41.4 Å². The molecule has 2 aromatic rings. The van der Waals surface area contributed by atoms with E-state index in [0.717, 1.165) is 5.56 Å². The number of benzene rings is 2. The van der Waals surface area contributed by atoms with Crippen LogP contribution < -0.4 is 11.3 Å². The molecule has 2 rings (SSSR count). The lowest BCUT2D eigenvalue weighted by Gasteiger charge is -2.18. The lowest BCUT2D eigenvalue weighted by molar-refractivity contribution is 0.510. The van der Waals surface area contributed by atoms with E-state index in [9.17, 15) is 4.39 Å². The molecule has 20 heavy (non-hydrogen) atoms. The summed E-state index contributed by atoms with van der Waals surface area (Å²) in [6.07, 6.45) is 0.530. The van der Waals surface area contributed by atoms with Gasteiger partial charge in [0.1, 0.15) is 5.82 Å². The zero-order valence-corrected chi connectivity index (χ0v) is 13.4.